The first-order chi connectivity index (χ1) is 9.58. The van der Waals surface area contributed by atoms with E-state index >= 15 is 0 Å². The van der Waals surface area contributed by atoms with Gasteiger partial charge in [0.2, 0.25) is 5.78 Å². The fourth-order valence-electron chi connectivity index (χ4n) is 1.93. The van der Waals surface area contributed by atoms with Crippen molar-refractivity contribution in [2.24, 2.45) is 0 Å². The Morgan fingerprint density at radius 2 is 1.70 bits per heavy atom. The second-order valence-corrected chi connectivity index (χ2v) is 5.28. The zero-order valence-corrected chi connectivity index (χ0v) is 10.8. The van der Waals surface area contributed by atoms with Crippen LogP contribution in [0.15, 0.2) is 42.5 Å². The first-order valence-corrected chi connectivity index (χ1v) is 6.56. The Kier molecular flexibility index (Phi) is 3.06. The first-order valence-electron chi connectivity index (χ1n) is 5.74. The molecule has 3 aromatic rings. The summed E-state index contributed by atoms with van der Waals surface area (Å²) >= 11 is 1.19. The van der Waals surface area contributed by atoms with Crippen LogP contribution in [0.25, 0.3) is 10.1 Å². The van der Waals surface area contributed by atoms with Gasteiger partial charge in [-0.15, -0.1) is 11.3 Å². The van der Waals surface area contributed by atoms with Crippen molar-refractivity contribution < 1.29 is 18.0 Å². The third-order valence-electron chi connectivity index (χ3n) is 2.93. The fourth-order valence-corrected chi connectivity index (χ4v) is 2.94. The summed E-state index contributed by atoms with van der Waals surface area (Å²) in [6.45, 7) is 0. The predicted molar refractivity (Wildman–Crippen MR) is 71.6 cm³/mol. The zero-order valence-electron chi connectivity index (χ0n) is 9.99. The van der Waals surface area contributed by atoms with Crippen molar-refractivity contribution >= 4 is 27.2 Å². The van der Waals surface area contributed by atoms with Gasteiger partial charge < -0.3 is 0 Å². The molecule has 0 atom stereocenters. The summed E-state index contributed by atoms with van der Waals surface area (Å²) in [5.74, 6) is -5.04. The normalized spacial score (nSPS) is 10.9. The topological polar surface area (TPSA) is 17.1 Å². The average Bonchev–Trinajstić information content (AvgIpc) is 2.88. The molecule has 3 rings (SSSR count). The number of hydrogen-bond donors (Lipinski definition) is 0. The van der Waals surface area contributed by atoms with Crippen LogP contribution in [0.2, 0.25) is 0 Å². The van der Waals surface area contributed by atoms with Gasteiger partial charge in [0.05, 0.1) is 10.4 Å². The van der Waals surface area contributed by atoms with Gasteiger partial charge in [-0.25, -0.2) is 13.2 Å². The highest BCUT2D eigenvalue weighted by Crippen LogP contribution is 2.28. The molecule has 0 aliphatic carbocycles. The van der Waals surface area contributed by atoms with Crippen LogP contribution in [0.1, 0.15) is 15.2 Å². The number of carbonyl (C=O) groups is 1. The first kappa shape index (κ1) is 12.9. The van der Waals surface area contributed by atoms with Crippen molar-refractivity contribution in [2.45, 2.75) is 0 Å². The van der Waals surface area contributed by atoms with Crippen LogP contribution in [0.4, 0.5) is 13.2 Å². The Morgan fingerprint density at radius 3 is 2.45 bits per heavy atom. The van der Waals surface area contributed by atoms with Gasteiger partial charge in [-0.3, -0.25) is 4.79 Å². The monoisotopic (exact) mass is 292 g/mol. The molecule has 0 bridgehead atoms. The molecule has 0 aliphatic heterocycles. The van der Waals surface area contributed by atoms with Gasteiger partial charge in [-0.05, 0) is 29.7 Å². The molecular formula is C15H7F3OS. The molecule has 0 unspecified atom stereocenters. The lowest BCUT2D eigenvalue weighted by Gasteiger charge is -2.02. The zero-order chi connectivity index (χ0) is 14.3. The molecule has 1 heterocycles. The summed E-state index contributed by atoms with van der Waals surface area (Å²) < 4.78 is 40.5. The molecule has 5 heteroatoms. The Morgan fingerprint density at radius 1 is 0.950 bits per heavy atom. The molecule has 0 fully saturated rings. The largest absolute Gasteiger partial charge is 0.288 e. The van der Waals surface area contributed by atoms with E-state index in [-0.39, 0.29) is 4.88 Å². The second kappa shape index (κ2) is 4.76. The SMILES string of the molecule is O=C(c1cc2ccccc2s1)c1ccc(F)c(F)c1F. The van der Waals surface area contributed by atoms with E-state index in [2.05, 4.69) is 0 Å². The molecule has 1 aromatic heterocycles. The number of ketones is 1. The lowest BCUT2D eigenvalue weighted by Crippen LogP contribution is -2.05. The smallest absolute Gasteiger partial charge is 0.206 e. The van der Waals surface area contributed by atoms with E-state index in [1.54, 1.807) is 6.07 Å². The minimum Gasteiger partial charge on any atom is -0.288 e. The molecule has 0 N–H and O–H groups in total. The molecule has 0 spiro atoms. The van der Waals surface area contributed by atoms with Gasteiger partial charge in [-0.2, -0.15) is 0 Å². The van der Waals surface area contributed by atoms with Crippen molar-refractivity contribution in [2.75, 3.05) is 0 Å². The molecule has 0 radical (unpaired) electrons. The van der Waals surface area contributed by atoms with Crippen LogP contribution in [-0.4, -0.2) is 5.78 Å². The molecule has 100 valence electrons. The second-order valence-electron chi connectivity index (χ2n) is 4.20. The summed E-state index contributed by atoms with van der Waals surface area (Å²) in [5, 5.41) is 0.851. The number of thiophene rings is 1. The Labute approximate surface area is 116 Å². The molecule has 0 aliphatic rings. The van der Waals surface area contributed by atoms with Gasteiger partial charge in [-0.1, -0.05) is 18.2 Å². The number of hydrogen-bond acceptors (Lipinski definition) is 2. The molecular weight excluding hydrogens is 285 g/mol. The van der Waals surface area contributed by atoms with Crippen LogP contribution in [0, 0.1) is 17.5 Å². The van der Waals surface area contributed by atoms with E-state index in [0.29, 0.717) is 0 Å². The highest BCUT2D eigenvalue weighted by molar-refractivity contribution is 7.21. The van der Waals surface area contributed by atoms with Gasteiger partial charge >= 0.3 is 0 Å². The van der Waals surface area contributed by atoms with E-state index in [0.717, 1.165) is 22.2 Å². The fraction of sp³-hybridized carbons (Fsp3) is 0. The van der Waals surface area contributed by atoms with E-state index in [4.69, 9.17) is 0 Å². The van der Waals surface area contributed by atoms with Gasteiger partial charge in [0.1, 0.15) is 0 Å². The van der Waals surface area contributed by atoms with Crippen LogP contribution < -0.4 is 0 Å². The maximum absolute atomic E-state index is 13.6. The van der Waals surface area contributed by atoms with Crippen molar-refractivity contribution in [1.29, 1.82) is 0 Å². The number of carbonyl (C=O) groups excluding carboxylic acids is 1. The standard InChI is InChI=1S/C15H7F3OS/c16-10-6-5-9(13(17)14(10)18)15(19)12-7-8-3-1-2-4-11(8)20-12/h1-7H. The Bertz CT molecular complexity index is 790. The van der Waals surface area contributed by atoms with E-state index < -0.39 is 28.8 Å². The summed E-state index contributed by atoms with van der Waals surface area (Å²) in [4.78, 5) is 12.5. The lowest BCUT2D eigenvalue weighted by atomic mass is 10.1. The van der Waals surface area contributed by atoms with Gasteiger partial charge in [0.15, 0.2) is 17.5 Å². The highest BCUT2D eigenvalue weighted by Gasteiger charge is 2.21. The summed E-state index contributed by atoms with van der Waals surface area (Å²) in [6.07, 6.45) is 0. The van der Waals surface area contributed by atoms with E-state index in [1.807, 2.05) is 24.3 Å². The number of fused-ring (bicyclic) bond motifs is 1. The summed E-state index contributed by atoms with van der Waals surface area (Å²) in [5.41, 5.74) is -0.463. The Hall–Kier alpha value is -2.14. The van der Waals surface area contributed by atoms with Crippen molar-refractivity contribution in [3.63, 3.8) is 0 Å². The molecule has 2 aromatic carbocycles. The Balaban J connectivity index is 2.11. The van der Waals surface area contributed by atoms with Crippen molar-refractivity contribution in [1.82, 2.24) is 0 Å². The molecule has 0 saturated carbocycles. The van der Waals surface area contributed by atoms with Crippen LogP contribution >= 0.6 is 11.3 Å². The van der Waals surface area contributed by atoms with Crippen LogP contribution in [0.3, 0.4) is 0 Å². The molecule has 20 heavy (non-hydrogen) atoms. The lowest BCUT2D eigenvalue weighted by molar-refractivity contribution is 0.103. The third-order valence-corrected chi connectivity index (χ3v) is 4.04. The maximum atomic E-state index is 13.6. The minimum absolute atomic E-state index is 0.288. The summed E-state index contributed by atoms with van der Waals surface area (Å²) in [6, 6.07) is 10.6. The average molecular weight is 292 g/mol. The van der Waals surface area contributed by atoms with E-state index in [9.17, 15) is 18.0 Å². The quantitative estimate of drug-likeness (QED) is 0.500. The molecule has 0 amide bonds. The number of halogens is 3. The van der Waals surface area contributed by atoms with Crippen molar-refractivity contribution in [3.8, 4) is 0 Å². The summed E-state index contributed by atoms with van der Waals surface area (Å²) in [7, 11) is 0. The predicted octanol–water partition coefficient (Wildman–Crippen LogP) is 4.55. The van der Waals surface area contributed by atoms with Gasteiger partial charge in [0.25, 0.3) is 0 Å². The minimum atomic E-state index is -1.63. The number of rotatable bonds is 2. The molecule has 1 nitrogen and oxygen atoms in total. The highest BCUT2D eigenvalue weighted by atomic mass is 32.1. The van der Waals surface area contributed by atoms with Crippen LogP contribution in [-0.2, 0) is 0 Å². The van der Waals surface area contributed by atoms with Gasteiger partial charge in [0, 0.05) is 4.70 Å². The third kappa shape index (κ3) is 2.00. The number of benzene rings is 2. The molecule has 0 saturated heterocycles. The van der Waals surface area contributed by atoms with Crippen molar-refractivity contribution in [3.05, 3.63) is 70.4 Å². The van der Waals surface area contributed by atoms with Crippen LogP contribution in [0.5, 0.6) is 0 Å². The maximum Gasteiger partial charge on any atom is 0.206 e. The van der Waals surface area contributed by atoms with E-state index in [1.165, 1.54) is 11.3 Å².